The highest BCUT2D eigenvalue weighted by molar-refractivity contribution is 5.88. The number of nitrogens with one attached hydrogen (secondary N) is 3. The fourth-order valence-corrected chi connectivity index (χ4v) is 2.37. The van der Waals surface area contributed by atoms with Gasteiger partial charge in [-0.3, -0.25) is 4.79 Å². The maximum Gasteiger partial charge on any atom is 0.221 e. The second kappa shape index (κ2) is 7.33. The molecule has 0 radical (unpaired) electrons. The van der Waals surface area contributed by atoms with E-state index in [0.717, 1.165) is 28.4 Å². The van der Waals surface area contributed by atoms with E-state index in [4.69, 9.17) is 0 Å². The molecule has 1 amide bonds. The smallest absolute Gasteiger partial charge is 0.221 e. The Kier molecular flexibility index (Phi) is 4.77. The number of hydrogen-bond donors (Lipinski definition) is 3. The first kappa shape index (κ1) is 15.6. The lowest BCUT2D eigenvalue weighted by Crippen LogP contribution is -2.05. The van der Waals surface area contributed by atoms with Crippen LogP contribution in [0, 0.1) is 0 Å². The van der Waals surface area contributed by atoms with E-state index in [9.17, 15) is 4.79 Å². The van der Waals surface area contributed by atoms with Gasteiger partial charge in [0.2, 0.25) is 5.91 Å². The first-order chi connectivity index (χ1) is 11.7. The molecule has 0 saturated carbocycles. The molecule has 3 aromatic carbocycles. The predicted molar refractivity (Wildman–Crippen MR) is 100 cm³/mol. The van der Waals surface area contributed by atoms with Crippen LogP contribution in [0.25, 0.3) is 0 Å². The van der Waals surface area contributed by atoms with Gasteiger partial charge in [0.15, 0.2) is 0 Å². The van der Waals surface area contributed by atoms with Crippen LogP contribution < -0.4 is 16.0 Å². The Morgan fingerprint density at radius 2 is 1.12 bits per heavy atom. The third-order valence-corrected chi connectivity index (χ3v) is 3.42. The molecule has 0 fully saturated rings. The molecule has 0 spiro atoms. The van der Waals surface area contributed by atoms with Crippen molar-refractivity contribution in [3.8, 4) is 0 Å². The highest BCUT2D eigenvalue weighted by Crippen LogP contribution is 2.23. The van der Waals surface area contributed by atoms with Crippen LogP contribution in [0.1, 0.15) is 6.92 Å². The van der Waals surface area contributed by atoms with E-state index in [1.807, 2.05) is 72.8 Å². The summed E-state index contributed by atoms with van der Waals surface area (Å²) >= 11 is 0. The summed E-state index contributed by atoms with van der Waals surface area (Å²) in [7, 11) is 0. The number of para-hydroxylation sites is 1. The Balaban J connectivity index is 1.69. The fourth-order valence-electron chi connectivity index (χ4n) is 2.37. The van der Waals surface area contributed by atoms with Crippen molar-refractivity contribution in [2.24, 2.45) is 0 Å². The highest BCUT2D eigenvalue weighted by atomic mass is 16.1. The van der Waals surface area contributed by atoms with Crippen molar-refractivity contribution in [3.63, 3.8) is 0 Å². The largest absolute Gasteiger partial charge is 0.355 e. The van der Waals surface area contributed by atoms with Crippen molar-refractivity contribution < 1.29 is 4.79 Å². The first-order valence-electron chi connectivity index (χ1n) is 7.76. The molecular weight excluding hydrogens is 298 g/mol. The second-order valence-electron chi connectivity index (χ2n) is 5.46. The molecule has 3 aromatic rings. The Bertz CT molecular complexity index is 814. The molecule has 24 heavy (non-hydrogen) atoms. The number of benzene rings is 3. The van der Waals surface area contributed by atoms with E-state index in [1.54, 1.807) is 0 Å². The number of hydrogen-bond acceptors (Lipinski definition) is 3. The highest BCUT2D eigenvalue weighted by Gasteiger charge is 1.99. The summed E-state index contributed by atoms with van der Waals surface area (Å²) in [6, 6.07) is 25.7. The normalized spacial score (nSPS) is 10.0. The van der Waals surface area contributed by atoms with Crippen LogP contribution in [0.15, 0.2) is 78.9 Å². The zero-order chi connectivity index (χ0) is 16.8. The van der Waals surface area contributed by atoms with Crippen LogP contribution in [-0.4, -0.2) is 5.91 Å². The number of rotatable bonds is 5. The van der Waals surface area contributed by atoms with E-state index in [2.05, 4.69) is 22.0 Å². The summed E-state index contributed by atoms with van der Waals surface area (Å²) in [4.78, 5) is 11.0. The number of amides is 1. The molecule has 0 atom stereocenters. The lowest BCUT2D eigenvalue weighted by Gasteiger charge is -2.11. The minimum absolute atomic E-state index is 0.0737. The zero-order valence-electron chi connectivity index (χ0n) is 13.4. The Labute approximate surface area is 141 Å². The maximum absolute atomic E-state index is 11.0. The molecule has 0 heterocycles. The van der Waals surface area contributed by atoms with Gasteiger partial charge in [0.25, 0.3) is 0 Å². The van der Waals surface area contributed by atoms with Crippen molar-refractivity contribution >= 4 is 34.3 Å². The molecular formula is C20H19N3O. The maximum atomic E-state index is 11.0. The summed E-state index contributed by atoms with van der Waals surface area (Å²) in [6.45, 7) is 1.50. The van der Waals surface area contributed by atoms with Gasteiger partial charge in [-0.2, -0.15) is 0 Å². The lowest BCUT2D eigenvalue weighted by molar-refractivity contribution is -0.114. The minimum atomic E-state index is -0.0737. The molecule has 4 nitrogen and oxygen atoms in total. The predicted octanol–water partition coefficient (Wildman–Crippen LogP) is 5.13. The van der Waals surface area contributed by atoms with Crippen molar-refractivity contribution in [1.29, 1.82) is 0 Å². The van der Waals surface area contributed by atoms with Gasteiger partial charge in [0.1, 0.15) is 0 Å². The Morgan fingerprint density at radius 1 is 0.625 bits per heavy atom. The summed E-state index contributed by atoms with van der Waals surface area (Å²) in [5.41, 5.74) is 4.80. The molecule has 3 N–H and O–H groups in total. The van der Waals surface area contributed by atoms with Crippen LogP contribution in [-0.2, 0) is 4.79 Å². The second-order valence-corrected chi connectivity index (χ2v) is 5.46. The summed E-state index contributed by atoms with van der Waals surface area (Å²) in [6.07, 6.45) is 0. The third kappa shape index (κ3) is 4.36. The van der Waals surface area contributed by atoms with Gasteiger partial charge in [-0.05, 0) is 54.6 Å². The van der Waals surface area contributed by atoms with Crippen LogP contribution >= 0.6 is 0 Å². The molecule has 0 aliphatic rings. The number of anilines is 5. The van der Waals surface area contributed by atoms with Gasteiger partial charge in [-0.1, -0.05) is 24.3 Å². The third-order valence-electron chi connectivity index (χ3n) is 3.42. The van der Waals surface area contributed by atoms with E-state index >= 15 is 0 Å². The van der Waals surface area contributed by atoms with E-state index in [1.165, 1.54) is 6.92 Å². The lowest BCUT2D eigenvalue weighted by atomic mass is 10.2. The molecule has 0 aromatic heterocycles. The van der Waals surface area contributed by atoms with Crippen LogP contribution in [0.2, 0.25) is 0 Å². The quantitative estimate of drug-likeness (QED) is 0.611. The van der Waals surface area contributed by atoms with Crippen LogP contribution in [0.4, 0.5) is 28.4 Å². The number of carbonyl (C=O) groups excluding carboxylic acids is 1. The van der Waals surface area contributed by atoms with E-state index in [-0.39, 0.29) is 5.91 Å². The van der Waals surface area contributed by atoms with Crippen molar-refractivity contribution in [1.82, 2.24) is 0 Å². The Hall–Kier alpha value is -3.27. The molecule has 4 heteroatoms. The van der Waals surface area contributed by atoms with Crippen molar-refractivity contribution in [2.45, 2.75) is 6.92 Å². The Morgan fingerprint density at radius 3 is 1.71 bits per heavy atom. The monoisotopic (exact) mass is 317 g/mol. The molecule has 0 unspecified atom stereocenters. The standard InChI is InChI=1S/C20H19N3O/c1-15(24)21-17-10-12-18(13-11-17)23-20-9-5-8-19(14-20)22-16-6-3-2-4-7-16/h2-14,22-23H,1H3,(H,21,24). The van der Waals surface area contributed by atoms with Crippen LogP contribution in [0.3, 0.4) is 0 Å². The van der Waals surface area contributed by atoms with E-state index < -0.39 is 0 Å². The van der Waals surface area contributed by atoms with Gasteiger partial charge >= 0.3 is 0 Å². The van der Waals surface area contributed by atoms with E-state index in [0.29, 0.717) is 0 Å². The van der Waals surface area contributed by atoms with Gasteiger partial charge in [-0.15, -0.1) is 0 Å². The van der Waals surface area contributed by atoms with Crippen molar-refractivity contribution in [2.75, 3.05) is 16.0 Å². The number of carbonyl (C=O) groups is 1. The van der Waals surface area contributed by atoms with Gasteiger partial charge in [0.05, 0.1) is 0 Å². The molecule has 120 valence electrons. The van der Waals surface area contributed by atoms with Crippen LogP contribution in [0.5, 0.6) is 0 Å². The molecule has 0 bridgehead atoms. The fraction of sp³-hybridized carbons (Fsp3) is 0.0500. The summed E-state index contributed by atoms with van der Waals surface area (Å²) in [5, 5.41) is 9.49. The SMILES string of the molecule is CC(=O)Nc1ccc(Nc2cccc(Nc3ccccc3)c2)cc1. The summed E-state index contributed by atoms with van der Waals surface area (Å²) in [5.74, 6) is -0.0737. The average Bonchev–Trinajstić information content (AvgIpc) is 2.57. The van der Waals surface area contributed by atoms with Gasteiger partial charge in [0, 0.05) is 35.4 Å². The molecule has 0 saturated heterocycles. The molecule has 0 aliphatic carbocycles. The zero-order valence-corrected chi connectivity index (χ0v) is 13.4. The van der Waals surface area contributed by atoms with Gasteiger partial charge < -0.3 is 16.0 Å². The summed E-state index contributed by atoms with van der Waals surface area (Å²) < 4.78 is 0. The first-order valence-corrected chi connectivity index (χ1v) is 7.76. The molecule has 3 rings (SSSR count). The topological polar surface area (TPSA) is 53.2 Å². The average molecular weight is 317 g/mol. The van der Waals surface area contributed by atoms with Crippen molar-refractivity contribution in [3.05, 3.63) is 78.9 Å². The molecule has 0 aliphatic heterocycles. The van der Waals surface area contributed by atoms with Gasteiger partial charge in [-0.25, -0.2) is 0 Å². The minimum Gasteiger partial charge on any atom is -0.355 e.